The lowest BCUT2D eigenvalue weighted by Gasteiger charge is -2.33. The van der Waals surface area contributed by atoms with Crippen LogP contribution in [0.3, 0.4) is 0 Å². The van der Waals surface area contributed by atoms with Crippen LogP contribution in [0, 0.1) is 11.8 Å². The van der Waals surface area contributed by atoms with Gasteiger partial charge in [0.2, 0.25) is 5.91 Å². The molecule has 0 radical (unpaired) electrons. The van der Waals surface area contributed by atoms with E-state index in [1.54, 1.807) is 0 Å². The number of nitrogens with one attached hydrogen (secondary N) is 1. The van der Waals surface area contributed by atoms with E-state index in [0.29, 0.717) is 27.9 Å². The molecular formula is C19H24Cl2N2O. The van der Waals surface area contributed by atoms with Crippen molar-refractivity contribution in [2.45, 2.75) is 44.1 Å². The summed E-state index contributed by atoms with van der Waals surface area (Å²) >= 11 is 12.1. The fourth-order valence-corrected chi connectivity index (χ4v) is 4.08. The Morgan fingerprint density at radius 3 is 2.54 bits per heavy atom. The van der Waals surface area contributed by atoms with Gasteiger partial charge in [-0.1, -0.05) is 29.3 Å². The quantitative estimate of drug-likeness (QED) is 0.850. The van der Waals surface area contributed by atoms with Gasteiger partial charge in [-0.2, -0.15) is 0 Å². The molecule has 2 atom stereocenters. The predicted molar refractivity (Wildman–Crippen MR) is 97.6 cm³/mol. The summed E-state index contributed by atoms with van der Waals surface area (Å²) in [7, 11) is 0. The number of benzene rings is 1. The number of nitrogens with zero attached hydrogens (tertiary/aromatic N) is 1. The Kier molecular flexibility index (Phi) is 4.77. The topological polar surface area (TPSA) is 32.3 Å². The van der Waals surface area contributed by atoms with Crippen molar-refractivity contribution in [2.24, 2.45) is 11.8 Å². The maximum atomic E-state index is 12.7. The van der Waals surface area contributed by atoms with Crippen LogP contribution in [0.25, 0.3) is 0 Å². The molecule has 2 saturated carbocycles. The van der Waals surface area contributed by atoms with Crippen LogP contribution >= 0.6 is 23.2 Å². The summed E-state index contributed by atoms with van der Waals surface area (Å²) in [5, 5.41) is 4.82. The first-order valence-corrected chi connectivity index (χ1v) is 9.84. The second kappa shape index (κ2) is 6.86. The molecule has 1 amide bonds. The summed E-state index contributed by atoms with van der Waals surface area (Å²) in [6, 6.07) is 6.34. The highest BCUT2D eigenvalue weighted by Crippen LogP contribution is 2.49. The minimum atomic E-state index is 0.137. The number of amides is 1. The molecular weight excluding hydrogens is 343 g/mol. The zero-order valence-corrected chi connectivity index (χ0v) is 15.3. The number of carbonyl (C=O) groups is 1. The lowest BCUT2D eigenvalue weighted by atomic mass is 10.0. The number of rotatable bonds is 5. The summed E-state index contributed by atoms with van der Waals surface area (Å²) in [6.45, 7) is 2.96. The Labute approximate surface area is 153 Å². The number of hydrogen-bond donors (Lipinski definition) is 1. The van der Waals surface area contributed by atoms with Crippen molar-refractivity contribution in [1.29, 1.82) is 0 Å². The molecule has 1 N–H and O–H groups in total. The monoisotopic (exact) mass is 366 g/mol. The third-order valence-electron chi connectivity index (χ3n) is 5.68. The zero-order valence-electron chi connectivity index (χ0n) is 13.8. The second-order valence-corrected chi connectivity index (χ2v) is 8.39. The van der Waals surface area contributed by atoms with Crippen LogP contribution < -0.4 is 5.32 Å². The van der Waals surface area contributed by atoms with E-state index in [-0.39, 0.29) is 5.92 Å². The van der Waals surface area contributed by atoms with E-state index in [9.17, 15) is 4.79 Å². The Hall–Kier alpha value is -0.770. The summed E-state index contributed by atoms with van der Waals surface area (Å²) in [4.78, 5) is 14.8. The van der Waals surface area contributed by atoms with E-state index in [1.807, 2.05) is 18.2 Å². The van der Waals surface area contributed by atoms with Gasteiger partial charge in [-0.15, -0.1) is 0 Å². The highest BCUT2D eigenvalue weighted by molar-refractivity contribution is 6.42. The second-order valence-electron chi connectivity index (χ2n) is 7.57. The predicted octanol–water partition coefficient (Wildman–Crippen LogP) is 4.09. The third kappa shape index (κ3) is 3.74. The molecule has 130 valence electrons. The van der Waals surface area contributed by atoms with Crippen molar-refractivity contribution in [3.63, 3.8) is 0 Å². The van der Waals surface area contributed by atoms with Crippen molar-refractivity contribution < 1.29 is 4.79 Å². The van der Waals surface area contributed by atoms with Crippen LogP contribution in [-0.4, -0.2) is 36.5 Å². The van der Waals surface area contributed by atoms with Crippen LogP contribution in [0.15, 0.2) is 18.2 Å². The Morgan fingerprint density at radius 2 is 1.88 bits per heavy atom. The summed E-state index contributed by atoms with van der Waals surface area (Å²) in [6.07, 6.45) is 5.89. The van der Waals surface area contributed by atoms with E-state index in [2.05, 4.69) is 10.2 Å². The number of likely N-dealkylation sites (tertiary alicyclic amines) is 1. The molecule has 1 heterocycles. The maximum absolute atomic E-state index is 12.7. The van der Waals surface area contributed by atoms with Crippen LogP contribution in [-0.2, 0) is 4.79 Å². The summed E-state index contributed by atoms with van der Waals surface area (Å²) < 4.78 is 0. The molecule has 24 heavy (non-hydrogen) atoms. The van der Waals surface area contributed by atoms with Gasteiger partial charge in [0.05, 0.1) is 10.0 Å². The molecule has 5 heteroatoms. The van der Waals surface area contributed by atoms with Crippen LogP contribution in [0.5, 0.6) is 0 Å². The molecule has 3 nitrogen and oxygen atoms in total. The standard InChI is InChI=1S/C19H24Cl2N2O/c20-17-4-3-13(9-18(17)21)15-10-16(15)19(24)23-7-5-14(6-8-23)22-11-12-1-2-12/h3-4,9,12,14-16,22H,1-2,5-8,10-11H2. The number of hydrogen-bond acceptors (Lipinski definition) is 2. The van der Waals surface area contributed by atoms with Crippen molar-refractivity contribution in [3.8, 4) is 0 Å². The van der Waals surface area contributed by atoms with Gasteiger partial charge in [0, 0.05) is 25.0 Å². The van der Waals surface area contributed by atoms with Crippen LogP contribution in [0.4, 0.5) is 0 Å². The molecule has 1 aromatic carbocycles. The van der Waals surface area contributed by atoms with E-state index in [0.717, 1.165) is 43.8 Å². The summed E-state index contributed by atoms with van der Waals surface area (Å²) in [5.41, 5.74) is 1.14. The molecule has 0 spiro atoms. The first-order chi connectivity index (χ1) is 11.6. The summed E-state index contributed by atoms with van der Waals surface area (Å²) in [5.74, 6) is 1.70. The fourth-order valence-electron chi connectivity index (χ4n) is 3.77. The van der Waals surface area contributed by atoms with E-state index in [1.165, 1.54) is 19.4 Å². The van der Waals surface area contributed by atoms with Gasteiger partial charge < -0.3 is 10.2 Å². The normalized spacial score (nSPS) is 27.3. The van der Waals surface area contributed by atoms with Crippen molar-refractivity contribution >= 4 is 29.1 Å². The first kappa shape index (κ1) is 16.7. The average Bonchev–Trinajstić information content (AvgIpc) is 3.49. The molecule has 0 aromatic heterocycles. The number of piperidine rings is 1. The van der Waals surface area contributed by atoms with Gasteiger partial charge in [0.15, 0.2) is 0 Å². The van der Waals surface area contributed by atoms with Crippen LogP contribution in [0.2, 0.25) is 10.0 Å². The van der Waals surface area contributed by atoms with E-state index < -0.39 is 0 Å². The van der Waals surface area contributed by atoms with Gasteiger partial charge in [-0.3, -0.25) is 4.79 Å². The SMILES string of the molecule is O=C(C1CC1c1ccc(Cl)c(Cl)c1)N1CCC(NCC2CC2)CC1. The van der Waals surface area contributed by atoms with E-state index in [4.69, 9.17) is 23.2 Å². The van der Waals surface area contributed by atoms with Gasteiger partial charge in [0.25, 0.3) is 0 Å². The molecule has 1 aliphatic heterocycles. The molecule has 3 fully saturated rings. The molecule has 2 unspecified atom stereocenters. The zero-order chi connectivity index (χ0) is 16.7. The molecule has 0 bridgehead atoms. The highest BCUT2D eigenvalue weighted by atomic mass is 35.5. The van der Waals surface area contributed by atoms with Gasteiger partial charge in [-0.05, 0) is 68.2 Å². The first-order valence-electron chi connectivity index (χ1n) is 9.09. The van der Waals surface area contributed by atoms with Crippen molar-refractivity contribution in [1.82, 2.24) is 10.2 Å². The Bertz CT molecular complexity index is 624. The largest absolute Gasteiger partial charge is 0.342 e. The third-order valence-corrected chi connectivity index (χ3v) is 6.42. The lowest BCUT2D eigenvalue weighted by Crippen LogP contribution is -2.46. The Morgan fingerprint density at radius 1 is 1.12 bits per heavy atom. The van der Waals surface area contributed by atoms with Crippen molar-refractivity contribution in [3.05, 3.63) is 33.8 Å². The smallest absolute Gasteiger partial charge is 0.226 e. The number of halogens is 2. The van der Waals surface area contributed by atoms with Gasteiger partial charge in [0.1, 0.15) is 0 Å². The minimum absolute atomic E-state index is 0.137. The van der Waals surface area contributed by atoms with E-state index >= 15 is 0 Å². The van der Waals surface area contributed by atoms with Crippen LogP contribution in [0.1, 0.15) is 43.6 Å². The minimum Gasteiger partial charge on any atom is -0.342 e. The molecule has 1 saturated heterocycles. The van der Waals surface area contributed by atoms with Gasteiger partial charge in [-0.25, -0.2) is 0 Å². The highest BCUT2D eigenvalue weighted by Gasteiger charge is 2.46. The maximum Gasteiger partial charge on any atom is 0.226 e. The molecule has 2 aliphatic carbocycles. The van der Waals surface area contributed by atoms with Gasteiger partial charge >= 0.3 is 0 Å². The lowest BCUT2D eigenvalue weighted by molar-refractivity contribution is -0.133. The molecule has 4 rings (SSSR count). The number of carbonyl (C=O) groups excluding carboxylic acids is 1. The van der Waals surface area contributed by atoms with Crippen molar-refractivity contribution in [2.75, 3.05) is 19.6 Å². The Balaban J connectivity index is 1.27. The average molecular weight is 367 g/mol. The molecule has 3 aliphatic rings. The fraction of sp³-hybridized carbons (Fsp3) is 0.632. The molecule has 1 aromatic rings.